The fraction of sp³-hybridized carbons (Fsp3) is 0.353. The summed E-state index contributed by atoms with van der Waals surface area (Å²) in [7, 11) is 0. The highest BCUT2D eigenvalue weighted by molar-refractivity contribution is 5.89. The van der Waals surface area contributed by atoms with Crippen molar-refractivity contribution >= 4 is 11.7 Å². The van der Waals surface area contributed by atoms with Gasteiger partial charge in [0.1, 0.15) is 0 Å². The zero-order valence-corrected chi connectivity index (χ0v) is 12.2. The van der Waals surface area contributed by atoms with Gasteiger partial charge in [-0.25, -0.2) is 4.79 Å². The summed E-state index contributed by atoms with van der Waals surface area (Å²) in [5, 5.41) is 9.12. The third-order valence-electron chi connectivity index (χ3n) is 4.22. The molecule has 0 radical (unpaired) electrons. The predicted molar refractivity (Wildman–Crippen MR) is 83.5 cm³/mol. The van der Waals surface area contributed by atoms with Gasteiger partial charge in [0, 0.05) is 36.4 Å². The fourth-order valence-electron chi connectivity index (χ4n) is 2.99. The number of rotatable bonds is 3. The zero-order chi connectivity index (χ0) is 14.8. The Labute approximate surface area is 124 Å². The minimum atomic E-state index is -0.879. The first kappa shape index (κ1) is 13.7. The maximum Gasteiger partial charge on any atom is 0.337 e. The number of aromatic carboxylic acids is 1. The molecule has 1 aromatic carbocycles. The number of anilines is 1. The molecule has 110 valence electrons. The number of benzene rings is 1. The first-order valence-corrected chi connectivity index (χ1v) is 7.43. The number of aromatic nitrogens is 1. The normalized spacial score (nSPS) is 15.2. The number of hydrogen-bond donors (Lipinski definition) is 1. The van der Waals surface area contributed by atoms with Gasteiger partial charge in [-0.1, -0.05) is 0 Å². The topological polar surface area (TPSA) is 45.5 Å². The summed E-state index contributed by atoms with van der Waals surface area (Å²) in [5.74, 6) is -0.879. The van der Waals surface area contributed by atoms with E-state index in [9.17, 15) is 4.79 Å². The maximum absolute atomic E-state index is 11.1. The minimum absolute atomic E-state index is 0.357. The van der Waals surface area contributed by atoms with Crippen molar-refractivity contribution in [1.29, 1.82) is 0 Å². The van der Waals surface area contributed by atoms with Crippen LogP contribution in [0.5, 0.6) is 0 Å². The van der Waals surface area contributed by atoms with Crippen LogP contribution in [0.15, 0.2) is 36.5 Å². The smallest absolute Gasteiger partial charge is 0.337 e. The van der Waals surface area contributed by atoms with Crippen molar-refractivity contribution in [2.45, 2.75) is 26.2 Å². The SMILES string of the molecule is Cc1c(C(=O)O)ccn1-c1ccc(N2CCCCC2)cc1. The molecular weight excluding hydrogens is 264 g/mol. The van der Waals surface area contributed by atoms with Crippen molar-refractivity contribution in [3.8, 4) is 5.69 Å². The minimum Gasteiger partial charge on any atom is -0.478 e. The van der Waals surface area contributed by atoms with E-state index in [1.807, 2.05) is 17.7 Å². The maximum atomic E-state index is 11.1. The summed E-state index contributed by atoms with van der Waals surface area (Å²) in [6.45, 7) is 4.10. The molecule has 1 aliphatic rings. The molecule has 1 aliphatic heterocycles. The van der Waals surface area contributed by atoms with Crippen LogP contribution in [-0.2, 0) is 0 Å². The average Bonchev–Trinajstić information content (AvgIpc) is 2.90. The first-order valence-electron chi connectivity index (χ1n) is 7.43. The molecule has 1 N–H and O–H groups in total. The van der Waals surface area contributed by atoms with Crippen molar-refractivity contribution in [3.05, 3.63) is 47.8 Å². The number of piperidine rings is 1. The van der Waals surface area contributed by atoms with Gasteiger partial charge in [-0.15, -0.1) is 0 Å². The lowest BCUT2D eigenvalue weighted by atomic mass is 10.1. The summed E-state index contributed by atoms with van der Waals surface area (Å²) >= 11 is 0. The molecule has 1 fully saturated rings. The van der Waals surface area contributed by atoms with E-state index < -0.39 is 5.97 Å². The Morgan fingerprint density at radius 2 is 1.62 bits per heavy atom. The molecule has 2 heterocycles. The lowest BCUT2D eigenvalue weighted by molar-refractivity contribution is 0.0696. The van der Waals surface area contributed by atoms with E-state index in [0.29, 0.717) is 5.56 Å². The second-order valence-corrected chi connectivity index (χ2v) is 5.55. The molecule has 4 heteroatoms. The Kier molecular flexibility index (Phi) is 3.69. The molecule has 3 rings (SSSR count). The standard InChI is InChI=1S/C17H20N2O2/c1-13-16(17(20)21)9-12-19(13)15-7-5-14(6-8-15)18-10-3-2-4-11-18/h5-9,12H,2-4,10-11H2,1H3,(H,20,21). The Morgan fingerprint density at radius 1 is 1.00 bits per heavy atom. The summed E-state index contributed by atoms with van der Waals surface area (Å²) in [6, 6.07) is 10.0. The molecule has 0 atom stereocenters. The lowest BCUT2D eigenvalue weighted by Crippen LogP contribution is -2.29. The molecule has 1 saturated heterocycles. The van der Waals surface area contributed by atoms with Crippen molar-refractivity contribution in [2.24, 2.45) is 0 Å². The number of carbonyl (C=O) groups is 1. The van der Waals surface area contributed by atoms with Gasteiger partial charge >= 0.3 is 5.97 Å². The van der Waals surface area contributed by atoms with Crippen molar-refractivity contribution < 1.29 is 9.90 Å². The van der Waals surface area contributed by atoms with E-state index in [2.05, 4.69) is 29.2 Å². The number of carboxylic acid groups (broad SMARTS) is 1. The van der Waals surface area contributed by atoms with Gasteiger partial charge in [0.25, 0.3) is 0 Å². The molecule has 0 unspecified atom stereocenters. The molecule has 0 spiro atoms. The van der Waals surface area contributed by atoms with E-state index in [1.54, 1.807) is 6.07 Å². The van der Waals surface area contributed by atoms with Crippen LogP contribution in [0.4, 0.5) is 5.69 Å². The van der Waals surface area contributed by atoms with Crippen LogP contribution in [0.1, 0.15) is 35.3 Å². The summed E-state index contributed by atoms with van der Waals surface area (Å²) < 4.78 is 1.92. The van der Waals surface area contributed by atoms with Crippen LogP contribution in [0, 0.1) is 6.92 Å². The fourth-order valence-corrected chi connectivity index (χ4v) is 2.99. The van der Waals surface area contributed by atoms with Gasteiger partial charge in [0.2, 0.25) is 0 Å². The van der Waals surface area contributed by atoms with Crippen LogP contribution in [0.25, 0.3) is 5.69 Å². The number of hydrogen-bond acceptors (Lipinski definition) is 2. The van der Waals surface area contributed by atoms with Crippen molar-refractivity contribution in [2.75, 3.05) is 18.0 Å². The molecule has 4 nitrogen and oxygen atoms in total. The number of carboxylic acids is 1. The van der Waals surface area contributed by atoms with Gasteiger partial charge in [0.05, 0.1) is 5.56 Å². The highest BCUT2D eigenvalue weighted by Crippen LogP contribution is 2.23. The van der Waals surface area contributed by atoms with E-state index in [4.69, 9.17) is 5.11 Å². The third kappa shape index (κ3) is 2.66. The Balaban J connectivity index is 1.85. The quantitative estimate of drug-likeness (QED) is 0.938. The molecule has 0 amide bonds. The summed E-state index contributed by atoms with van der Waals surface area (Å²) in [4.78, 5) is 13.5. The van der Waals surface area contributed by atoms with Crippen LogP contribution in [0.3, 0.4) is 0 Å². The van der Waals surface area contributed by atoms with Crippen molar-refractivity contribution in [1.82, 2.24) is 4.57 Å². The van der Waals surface area contributed by atoms with E-state index in [0.717, 1.165) is 24.5 Å². The van der Waals surface area contributed by atoms with Crippen LogP contribution < -0.4 is 4.90 Å². The van der Waals surface area contributed by atoms with Gasteiger partial charge in [-0.05, 0) is 56.5 Å². The number of nitrogens with zero attached hydrogens (tertiary/aromatic N) is 2. The third-order valence-corrected chi connectivity index (χ3v) is 4.22. The molecule has 21 heavy (non-hydrogen) atoms. The second-order valence-electron chi connectivity index (χ2n) is 5.55. The largest absolute Gasteiger partial charge is 0.478 e. The van der Waals surface area contributed by atoms with Crippen LogP contribution in [0.2, 0.25) is 0 Å². The van der Waals surface area contributed by atoms with E-state index in [1.165, 1.54) is 24.9 Å². The molecule has 0 saturated carbocycles. The van der Waals surface area contributed by atoms with Gasteiger partial charge in [-0.2, -0.15) is 0 Å². The average molecular weight is 284 g/mol. The van der Waals surface area contributed by atoms with Gasteiger partial charge < -0.3 is 14.6 Å². The van der Waals surface area contributed by atoms with E-state index >= 15 is 0 Å². The Hall–Kier alpha value is -2.23. The molecule has 0 aliphatic carbocycles. The summed E-state index contributed by atoms with van der Waals surface area (Å²) in [5.41, 5.74) is 3.37. The van der Waals surface area contributed by atoms with Gasteiger partial charge in [-0.3, -0.25) is 0 Å². The van der Waals surface area contributed by atoms with Gasteiger partial charge in [0.15, 0.2) is 0 Å². The summed E-state index contributed by atoms with van der Waals surface area (Å²) in [6.07, 6.45) is 5.67. The Bertz CT molecular complexity index is 637. The van der Waals surface area contributed by atoms with Crippen LogP contribution in [-0.4, -0.2) is 28.7 Å². The molecule has 1 aromatic heterocycles. The highest BCUT2D eigenvalue weighted by Gasteiger charge is 2.13. The lowest BCUT2D eigenvalue weighted by Gasteiger charge is -2.29. The van der Waals surface area contributed by atoms with E-state index in [-0.39, 0.29) is 0 Å². The highest BCUT2D eigenvalue weighted by atomic mass is 16.4. The first-order chi connectivity index (χ1) is 10.2. The predicted octanol–water partition coefficient (Wildman–Crippen LogP) is 3.47. The Morgan fingerprint density at radius 3 is 2.19 bits per heavy atom. The zero-order valence-electron chi connectivity index (χ0n) is 12.2. The molecular formula is C17H20N2O2. The van der Waals surface area contributed by atoms with Crippen molar-refractivity contribution in [3.63, 3.8) is 0 Å². The van der Waals surface area contributed by atoms with Crippen LogP contribution >= 0.6 is 0 Å². The molecule has 2 aromatic rings. The second kappa shape index (κ2) is 5.64. The molecule has 0 bridgehead atoms. The monoisotopic (exact) mass is 284 g/mol.